The molecule has 1 aromatic heterocycles. The van der Waals surface area contributed by atoms with Gasteiger partial charge in [-0.2, -0.15) is 5.10 Å². The molecular weight excluding hydrogens is 202 g/mol. The van der Waals surface area contributed by atoms with Gasteiger partial charge in [0.05, 0.1) is 12.2 Å². The maximum absolute atomic E-state index is 11.6. The van der Waals surface area contributed by atoms with Crippen molar-refractivity contribution in [3.63, 3.8) is 0 Å². The monoisotopic (exact) mass is 215 g/mol. The Hall–Kier alpha value is -1.94. The number of carbonyl (C=O) groups excluding carboxylic acids is 1. The lowest BCUT2D eigenvalue weighted by atomic mass is 10.1. The van der Waals surface area contributed by atoms with Crippen LogP contribution in [0.15, 0.2) is 36.4 Å². The first-order valence-electron chi connectivity index (χ1n) is 5.10. The maximum Gasteiger partial charge on any atom is 0.194 e. The van der Waals surface area contributed by atoms with E-state index in [9.17, 15) is 4.79 Å². The Bertz CT molecular complexity index is 476. The maximum atomic E-state index is 11.6. The number of nitrogens with one attached hydrogen (secondary N) is 2. The van der Waals surface area contributed by atoms with Gasteiger partial charge in [0.2, 0.25) is 0 Å². The summed E-state index contributed by atoms with van der Waals surface area (Å²) < 4.78 is 0. The first-order chi connectivity index (χ1) is 7.81. The van der Waals surface area contributed by atoms with E-state index in [0.717, 1.165) is 11.3 Å². The minimum absolute atomic E-state index is 0.0113. The number of hydrogen-bond donors (Lipinski definition) is 2. The summed E-state index contributed by atoms with van der Waals surface area (Å²) in [5.74, 6) is 0.0113. The highest BCUT2D eigenvalue weighted by atomic mass is 16.1. The van der Waals surface area contributed by atoms with Crippen molar-refractivity contribution in [1.29, 1.82) is 0 Å². The Morgan fingerprint density at radius 1 is 1.38 bits per heavy atom. The summed E-state index contributed by atoms with van der Waals surface area (Å²) in [5, 5.41) is 9.68. The number of benzene rings is 1. The number of aromatic amines is 1. The molecule has 0 unspecified atom stereocenters. The molecule has 0 saturated carbocycles. The Kier molecular flexibility index (Phi) is 3.12. The van der Waals surface area contributed by atoms with Gasteiger partial charge in [0, 0.05) is 5.56 Å². The quantitative estimate of drug-likeness (QED) is 0.759. The molecule has 2 aromatic rings. The topological polar surface area (TPSA) is 57.8 Å². The van der Waals surface area contributed by atoms with Crippen LogP contribution in [0.1, 0.15) is 10.5 Å². The summed E-state index contributed by atoms with van der Waals surface area (Å²) in [4.78, 5) is 11.6. The molecule has 0 aliphatic heterocycles. The molecule has 0 aliphatic carbocycles. The number of rotatable bonds is 4. The molecule has 1 aromatic carbocycles. The molecule has 4 heteroatoms. The van der Waals surface area contributed by atoms with Crippen molar-refractivity contribution in [3.8, 4) is 11.3 Å². The molecule has 0 spiro atoms. The Morgan fingerprint density at radius 2 is 2.12 bits per heavy atom. The van der Waals surface area contributed by atoms with E-state index < -0.39 is 0 Å². The fourth-order valence-electron chi connectivity index (χ4n) is 1.48. The van der Waals surface area contributed by atoms with Crippen molar-refractivity contribution in [2.24, 2.45) is 0 Å². The molecule has 0 bridgehead atoms. The van der Waals surface area contributed by atoms with Crippen LogP contribution in [0, 0.1) is 0 Å². The zero-order valence-corrected chi connectivity index (χ0v) is 9.03. The third-order valence-corrected chi connectivity index (χ3v) is 2.29. The van der Waals surface area contributed by atoms with Crippen LogP contribution < -0.4 is 5.32 Å². The van der Waals surface area contributed by atoms with Crippen molar-refractivity contribution in [2.75, 3.05) is 13.6 Å². The molecule has 16 heavy (non-hydrogen) atoms. The highest BCUT2D eigenvalue weighted by Gasteiger charge is 2.09. The molecule has 1 heterocycles. The lowest BCUT2D eigenvalue weighted by Gasteiger charge is -1.94. The minimum atomic E-state index is 0.0113. The smallest absolute Gasteiger partial charge is 0.194 e. The highest BCUT2D eigenvalue weighted by Crippen LogP contribution is 2.16. The fourth-order valence-corrected chi connectivity index (χ4v) is 1.48. The van der Waals surface area contributed by atoms with Gasteiger partial charge in [0.15, 0.2) is 5.78 Å². The third kappa shape index (κ3) is 2.17. The van der Waals surface area contributed by atoms with E-state index in [-0.39, 0.29) is 5.78 Å². The number of nitrogens with zero attached hydrogens (tertiary/aromatic N) is 1. The highest BCUT2D eigenvalue weighted by molar-refractivity contribution is 5.96. The summed E-state index contributed by atoms with van der Waals surface area (Å²) in [7, 11) is 1.74. The molecule has 82 valence electrons. The zero-order chi connectivity index (χ0) is 11.4. The second-order valence-corrected chi connectivity index (χ2v) is 3.49. The Balaban J connectivity index is 2.23. The van der Waals surface area contributed by atoms with Crippen LogP contribution in [0.2, 0.25) is 0 Å². The number of Topliss-reactive ketones (excluding diaryl/α,β-unsaturated/α-hetero) is 1. The van der Waals surface area contributed by atoms with Crippen LogP contribution >= 0.6 is 0 Å². The largest absolute Gasteiger partial charge is 0.313 e. The average molecular weight is 215 g/mol. The van der Waals surface area contributed by atoms with Crippen LogP contribution in [0.5, 0.6) is 0 Å². The van der Waals surface area contributed by atoms with Crippen LogP contribution in [-0.2, 0) is 0 Å². The predicted molar refractivity (Wildman–Crippen MR) is 62.3 cm³/mol. The van der Waals surface area contributed by atoms with Crippen LogP contribution in [-0.4, -0.2) is 29.6 Å². The van der Waals surface area contributed by atoms with Gasteiger partial charge in [0.1, 0.15) is 5.69 Å². The number of H-pyrrole nitrogens is 1. The lowest BCUT2D eigenvalue weighted by Crippen LogP contribution is -2.18. The van der Waals surface area contributed by atoms with E-state index >= 15 is 0 Å². The first-order valence-corrected chi connectivity index (χ1v) is 5.10. The molecule has 2 rings (SSSR count). The molecule has 0 aliphatic rings. The minimum Gasteiger partial charge on any atom is -0.313 e. The number of ketones is 1. The molecule has 0 saturated heterocycles. The number of aromatic nitrogens is 2. The lowest BCUT2D eigenvalue weighted by molar-refractivity contribution is 0.0989. The summed E-state index contributed by atoms with van der Waals surface area (Å²) in [6.07, 6.45) is 0. The van der Waals surface area contributed by atoms with Gasteiger partial charge in [-0.1, -0.05) is 30.3 Å². The van der Waals surface area contributed by atoms with Gasteiger partial charge < -0.3 is 5.32 Å². The van der Waals surface area contributed by atoms with E-state index in [2.05, 4.69) is 15.5 Å². The van der Waals surface area contributed by atoms with Crippen molar-refractivity contribution in [1.82, 2.24) is 15.5 Å². The average Bonchev–Trinajstić information content (AvgIpc) is 2.80. The molecule has 0 fully saturated rings. The second kappa shape index (κ2) is 4.72. The van der Waals surface area contributed by atoms with Crippen LogP contribution in [0.3, 0.4) is 0 Å². The molecular formula is C12H13N3O. The van der Waals surface area contributed by atoms with Crippen LogP contribution in [0.4, 0.5) is 0 Å². The van der Waals surface area contributed by atoms with Crippen molar-refractivity contribution < 1.29 is 4.79 Å². The molecule has 0 radical (unpaired) electrons. The van der Waals surface area contributed by atoms with Crippen molar-refractivity contribution >= 4 is 5.78 Å². The zero-order valence-electron chi connectivity index (χ0n) is 9.03. The third-order valence-electron chi connectivity index (χ3n) is 2.29. The SMILES string of the molecule is CNCC(=O)c1cc(-c2ccccc2)n[nH]1. The Morgan fingerprint density at radius 3 is 2.81 bits per heavy atom. The normalized spacial score (nSPS) is 10.3. The van der Waals surface area contributed by atoms with Gasteiger partial charge in [-0.05, 0) is 13.1 Å². The van der Waals surface area contributed by atoms with Gasteiger partial charge in [0.25, 0.3) is 0 Å². The summed E-state index contributed by atoms with van der Waals surface area (Å²) in [6, 6.07) is 11.5. The van der Waals surface area contributed by atoms with Crippen molar-refractivity contribution in [3.05, 3.63) is 42.1 Å². The molecule has 4 nitrogen and oxygen atoms in total. The Labute approximate surface area is 93.7 Å². The van der Waals surface area contributed by atoms with Crippen molar-refractivity contribution in [2.45, 2.75) is 0 Å². The van der Waals surface area contributed by atoms with Gasteiger partial charge in [-0.15, -0.1) is 0 Å². The summed E-state index contributed by atoms with van der Waals surface area (Å²) >= 11 is 0. The second-order valence-electron chi connectivity index (χ2n) is 3.49. The van der Waals surface area contributed by atoms with E-state index in [0.29, 0.717) is 12.2 Å². The number of likely N-dealkylation sites (N-methyl/N-ethyl adjacent to an activating group) is 1. The van der Waals surface area contributed by atoms with Crippen LogP contribution in [0.25, 0.3) is 11.3 Å². The number of hydrogen-bond acceptors (Lipinski definition) is 3. The van der Waals surface area contributed by atoms with E-state index in [1.807, 2.05) is 30.3 Å². The predicted octanol–water partition coefficient (Wildman–Crippen LogP) is 1.48. The fraction of sp³-hybridized carbons (Fsp3) is 0.167. The molecule has 2 N–H and O–H groups in total. The summed E-state index contributed by atoms with van der Waals surface area (Å²) in [6.45, 7) is 0.316. The molecule has 0 atom stereocenters. The first kappa shape index (κ1) is 10.6. The van der Waals surface area contributed by atoms with Gasteiger partial charge in [-0.25, -0.2) is 0 Å². The van der Waals surface area contributed by atoms with E-state index in [1.54, 1.807) is 13.1 Å². The van der Waals surface area contributed by atoms with Gasteiger partial charge in [-0.3, -0.25) is 9.89 Å². The standard InChI is InChI=1S/C12H13N3O/c1-13-8-12(16)11-7-10(14-15-11)9-5-3-2-4-6-9/h2-7,13H,8H2,1H3,(H,14,15). The van der Waals surface area contributed by atoms with Gasteiger partial charge >= 0.3 is 0 Å². The summed E-state index contributed by atoms with van der Waals surface area (Å²) in [5.41, 5.74) is 2.33. The molecule has 0 amide bonds. The van der Waals surface area contributed by atoms with E-state index in [1.165, 1.54) is 0 Å². The van der Waals surface area contributed by atoms with E-state index in [4.69, 9.17) is 0 Å². The number of carbonyl (C=O) groups is 1.